The molecule has 0 aliphatic heterocycles. The van der Waals surface area contributed by atoms with Gasteiger partial charge in [0.05, 0.1) is 17.2 Å². The lowest BCUT2D eigenvalue weighted by Gasteiger charge is -2.06. The van der Waals surface area contributed by atoms with E-state index < -0.39 is 0 Å². The Kier molecular flexibility index (Phi) is 5.45. The van der Waals surface area contributed by atoms with Crippen LogP contribution in [0.15, 0.2) is 35.7 Å². The zero-order valence-electron chi connectivity index (χ0n) is 11.5. The molecule has 1 heterocycles. The number of hydrogen-bond acceptors (Lipinski definition) is 4. The first-order valence-corrected chi connectivity index (χ1v) is 7.28. The van der Waals surface area contributed by atoms with E-state index in [0.717, 1.165) is 10.7 Å². The highest BCUT2D eigenvalue weighted by atomic mass is 32.1. The Morgan fingerprint density at radius 2 is 2.38 bits per heavy atom. The summed E-state index contributed by atoms with van der Waals surface area (Å²) in [7, 11) is 0. The van der Waals surface area contributed by atoms with Gasteiger partial charge in [0.15, 0.2) is 0 Å². The van der Waals surface area contributed by atoms with E-state index in [2.05, 4.69) is 10.3 Å². The van der Waals surface area contributed by atoms with Gasteiger partial charge < -0.3 is 10.1 Å². The van der Waals surface area contributed by atoms with Gasteiger partial charge in [0, 0.05) is 17.5 Å². The second-order valence-corrected chi connectivity index (χ2v) is 5.28. The van der Waals surface area contributed by atoms with Crippen LogP contribution in [0.5, 0.6) is 5.75 Å². The molecule has 0 saturated carbocycles. The van der Waals surface area contributed by atoms with Gasteiger partial charge in [-0.3, -0.25) is 4.79 Å². The van der Waals surface area contributed by atoms with Crippen molar-refractivity contribution in [2.75, 3.05) is 13.2 Å². The number of ether oxygens (including phenoxy) is 1. The average Bonchev–Trinajstić information content (AvgIpc) is 2.87. The number of amides is 1. The van der Waals surface area contributed by atoms with E-state index >= 15 is 0 Å². The summed E-state index contributed by atoms with van der Waals surface area (Å²) in [5.41, 5.74) is 0.767. The molecule has 0 aliphatic carbocycles. The molecule has 4 nitrogen and oxygen atoms in total. The van der Waals surface area contributed by atoms with Crippen molar-refractivity contribution < 1.29 is 13.9 Å². The van der Waals surface area contributed by atoms with Crippen molar-refractivity contribution in [3.63, 3.8) is 0 Å². The summed E-state index contributed by atoms with van der Waals surface area (Å²) in [6.45, 7) is 2.53. The number of rotatable bonds is 6. The first kappa shape index (κ1) is 15.2. The Balaban J connectivity index is 1.68. The molecule has 1 aromatic carbocycles. The van der Waals surface area contributed by atoms with E-state index in [9.17, 15) is 9.18 Å². The third-order valence-electron chi connectivity index (χ3n) is 2.51. The Hall–Kier alpha value is -2.21. The predicted molar refractivity (Wildman–Crippen MR) is 80.8 cm³/mol. The van der Waals surface area contributed by atoms with Crippen LogP contribution in [0.2, 0.25) is 0 Å². The minimum atomic E-state index is -0.349. The number of hydrogen-bond donors (Lipinski definition) is 1. The number of aromatic nitrogens is 1. The van der Waals surface area contributed by atoms with Gasteiger partial charge >= 0.3 is 0 Å². The predicted octanol–water partition coefficient (Wildman–Crippen LogP) is 2.80. The van der Waals surface area contributed by atoms with Crippen molar-refractivity contribution in [2.24, 2.45) is 0 Å². The lowest BCUT2D eigenvalue weighted by molar-refractivity contribution is -0.116. The van der Waals surface area contributed by atoms with Crippen molar-refractivity contribution in [3.05, 3.63) is 52.2 Å². The van der Waals surface area contributed by atoms with Crippen molar-refractivity contribution in [1.29, 1.82) is 0 Å². The fraction of sp³-hybridized carbons (Fsp3) is 0.200. The number of halogens is 1. The molecule has 1 N–H and O–H groups in total. The maximum atomic E-state index is 12.9. The van der Waals surface area contributed by atoms with E-state index in [4.69, 9.17) is 4.74 Å². The zero-order chi connectivity index (χ0) is 15.1. The lowest BCUT2D eigenvalue weighted by Crippen LogP contribution is -2.26. The van der Waals surface area contributed by atoms with Crippen molar-refractivity contribution >= 4 is 23.3 Å². The fourth-order valence-corrected chi connectivity index (χ4v) is 2.16. The highest BCUT2D eigenvalue weighted by molar-refractivity contribution is 7.09. The molecule has 6 heteroatoms. The number of benzene rings is 1. The highest BCUT2D eigenvalue weighted by Gasteiger charge is 1.99. The molecule has 0 radical (unpaired) electrons. The molecule has 0 atom stereocenters. The summed E-state index contributed by atoms with van der Waals surface area (Å²) in [6, 6.07) is 5.88. The molecule has 0 unspecified atom stereocenters. The molecule has 2 aromatic rings. The molecule has 110 valence electrons. The number of nitrogens with one attached hydrogen (secondary N) is 1. The van der Waals surface area contributed by atoms with Crippen molar-refractivity contribution in [2.45, 2.75) is 6.92 Å². The molecule has 21 heavy (non-hydrogen) atoms. The van der Waals surface area contributed by atoms with E-state index in [1.165, 1.54) is 29.5 Å². The Morgan fingerprint density at radius 1 is 1.52 bits per heavy atom. The second-order valence-electron chi connectivity index (χ2n) is 4.22. The minimum absolute atomic E-state index is 0.219. The summed E-state index contributed by atoms with van der Waals surface area (Å²) >= 11 is 1.53. The lowest BCUT2D eigenvalue weighted by atomic mass is 10.3. The molecular weight excluding hydrogens is 291 g/mol. The van der Waals surface area contributed by atoms with E-state index in [1.54, 1.807) is 18.2 Å². The highest BCUT2D eigenvalue weighted by Crippen LogP contribution is 2.11. The molecule has 0 aliphatic rings. The third-order valence-corrected chi connectivity index (χ3v) is 3.30. The van der Waals surface area contributed by atoms with Gasteiger partial charge in [0.1, 0.15) is 18.2 Å². The zero-order valence-corrected chi connectivity index (χ0v) is 12.3. The van der Waals surface area contributed by atoms with Gasteiger partial charge in [-0.1, -0.05) is 6.07 Å². The number of thiazole rings is 1. The van der Waals surface area contributed by atoms with Crippen LogP contribution in [0.1, 0.15) is 10.7 Å². The Labute approximate surface area is 126 Å². The van der Waals surface area contributed by atoms with Gasteiger partial charge in [0.2, 0.25) is 5.91 Å². The molecule has 0 fully saturated rings. The first-order valence-electron chi connectivity index (χ1n) is 6.40. The van der Waals surface area contributed by atoms with Crippen LogP contribution < -0.4 is 10.1 Å². The normalized spacial score (nSPS) is 10.8. The van der Waals surface area contributed by atoms with Crippen LogP contribution >= 0.6 is 11.3 Å². The van der Waals surface area contributed by atoms with E-state index in [-0.39, 0.29) is 18.3 Å². The number of aryl methyl sites for hydroxylation is 1. The minimum Gasteiger partial charge on any atom is -0.492 e. The second kappa shape index (κ2) is 7.54. The topological polar surface area (TPSA) is 51.2 Å². The van der Waals surface area contributed by atoms with Crippen molar-refractivity contribution in [3.8, 4) is 5.75 Å². The molecular formula is C15H15FN2O2S. The monoisotopic (exact) mass is 306 g/mol. The molecule has 0 bridgehead atoms. The van der Waals surface area contributed by atoms with Crippen LogP contribution in [0, 0.1) is 12.7 Å². The van der Waals surface area contributed by atoms with E-state index in [1.807, 2.05) is 12.3 Å². The molecule has 2 rings (SSSR count). The standard InChI is InChI=1S/C15H15FN2O2S/c1-11-18-13(10-21-11)5-6-15(19)17-7-8-20-14-4-2-3-12(16)9-14/h2-6,9-10H,7-8H2,1H3,(H,17,19)/b6-5+. The smallest absolute Gasteiger partial charge is 0.244 e. The molecule has 1 aromatic heterocycles. The summed E-state index contributed by atoms with van der Waals surface area (Å²) < 4.78 is 18.2. The average molecular weight is 306 g/mol. The first-order chi connectivity index (χ1) is 10.1. The van der Waals surface area contributed by atoms with Gasteiger partial charge in [-0.25, -0.2) is 9.37 Å². The SMILES string of the molecule is Cc1nc(/C=C/C(=O)NCCOc2cccc(F)c2)cs1. The van der Waals surface area contributed by atoms with Crippen LogP contribution in [-0.2, 0) is 4.79 Å². The summed E-state index contributed by atoms with van der Waals surface area (Å²) in [5.74, 6) is -0.126. The number of carbonyl (C=O) groups excluding carboxylic acids is 1. The maximum absolute atomic E-state index is 12.9. The third kappa shape index (κ3) is 5.35. The Bertz CT molecular complexity index is 640. The maximum Gasteiger partial charge on any atom is 0.244 e. The summed E-state index contributed by atoms with van der Waals surface area (Å²) in [5, 5.41) is 5.51. The molecule has 0 spiro atoms. The van der Waals surface area contributed by atoms with Crippen LogP contribution in [0.25, 0.3) is 6.08 Å². The largest absolute Gasteiger partial charge is 0.492 e. The van der Waals surface area contributed by atoms with Gasteiger partial charge in [-0.05, 0) is 25.1 Å². The van der Waals surface area contributed by atoms with Crippen LogP contribution in [-0.4, -0.2) is 24.0 Å². The van der Waals surface area contributed by atoms with Gasteiger partial charge in [-0.15, -0.1) is 11.3 Å². The number of carbonyl (C=O) groups is 1. The summed E-state index contributed by atoms with van der Waals surface area (Å²) in [6.07, 6.45) is 3.09. The molecule has 1 amide bonds. The molecule has 0 saturated heterocycles. The van der Waals surface area contributed by atoms with Gasteiger partial charge in [-0.2, -0.15) is 0 Å². The quantitative estimate of drug-likeness (QED) is 0.659. The van der Waals surface area contributed by atoms with Crippen molar-refractivity contribution in [1.82, 2.24) is 10.3 Å². The summed E-state index contributed by atoms with van der Waals surface area (Å²) in [4.78, 5) is 15.8. The van der Waals surface area contributed by atoms with Gasteiger partial charge in [0.25, 0.3) is 0 Å². The number of nitrogens with zero attached hydrogens (tertiary/aromatic N) is 1. The Morgan fingerprint density at radius 3 is 3.10 bits per heavy atom. The van der Waals surface area contributed by atoms with E-state index in [0.29, 0.717) is 12.3 Å². The fourth-order valence-electron chi connectivity index (χ4n) is 1.58. The van der Waals surface area contributed by atoms with Crippen LogP contribution in [0.3, 0.4) is 0 Å². The van der Waals surface area contributed by atoms with Crippen LogP contribution in [0.4, 0.5) is 4.39 Å².